The lowest BCUT2D eigenvalue weighted by molar-refractivity contribution is 0.262. The van der Waals surface area contributed by atoms with E-state index in [0.29, 0.717) is 12.0 Å². The maximum absolute atomic E-state index is 5.68. The smallest absolute Gasteiger partial charge is 0.0462 e. The summed E-state index contributed by atoms with van der Waals surface area (Å²) in [4.78, 5) is 0. The highest BCUT2D eigenvalue weighted by Crippen LogP contribution is 2.34. The van der Waals surface area contributed by atoms with Gasteiger partial charge in [0.05, 0.1) is 0 Å². The second-order valence-electron chi connectivity index (χ2n) is 5.57. The molecule has 0 radical (unpaired) electrons. The van der Waals surface area contributed by atoms with Gasteiger partial charge in [-0.25, -0.2) is 0 Å². The zero-order valence-corrected chi connectivity index (χ0v) is 10.9. The maximum Gasteiger partial charge on any atom is 0.0462 e. The van der Waals surface area contributed by atoms with Gasteiger partial charge in [0, 0.05) is 6.04 Å². The van der Waals surface area contributed by atoms with Crippen LogP contribution in [0.25, 0.3) is 0 Å². The van der Waals surface area contributed by atoms with E-state index in [1.54, 1.807) is 0 Å². The number of hydrazine groups is 1. The number of hydrogen-bond donors (Lipinski definition) is 2. The summed E-state index contributed by atoms with van der Waals surface area (Å²) in [5.74, 6) is 7.15. The molecule has 1 saturated carbocycles. The number of nitrogens with one attached hydrogen (secondary N) is 1. The molecule has 0 bridgehead atoms. The zero-order chi connectivity index (χ0) is 12.3. The molecule has 1 aromatic carbocycles. The van der Waals surface area contributed by atoms with Gasteiger partial charge in [0.2, 0.25) is 0 Å². The quantitative estimate of drug-likeness (QED) is 0.602. The summed E-state index contributed by atoms with van der Waals surface area (Å²) in [6.45, 7) is 4.45. The van der Waals surface area contributed by atoms with Crippen LogP contribution in [0.4, 0.5) is 0 Å². The maximum atomic E-state index is 5.68. The summed E-state index contributed by atoms with van der Waals surface area (Å²) in [7, 11) is 0. The van der Waals surface area contributed by atoms with E-state index in [0.717, 1.165) is 5.92 Å². The zero-order valence-electron chi connectivity index (χ0n) is 10.9. The predicted octanol–water partition coefficient (Wildman–Crippen LogP) is 3.50. The number of nitrogens with two attached hydrogens (primary N) is 1. The van der Waals surface area contributed by atoms with Crippen molar-refractivity contribution in [3.8, 4) is 0 Å². The van der Waals surface area contributed by atoms with Crippen LogP contribution in [0.15, 0.2) is 24.3 Å². The molecule has 2 nitrogen and oxygen atoms in total. The molecule has 17 heavy (non-hydrogen) atoms. The normalized spacial score (nSPS) is 18.1. The van der Waals surface area contributed by atoms with Gasteiger partial charge in [0.25, 0.3) is 0 Å². The topological polar surface area (TPSA) is 38.0 Å². The Morgan fingerprint density at radius 1 is 1.18 bits per heavy atom. The highest BCUT2D eigenvalue weighted by molar-refractivity contribution is 5.26. The Morgan fingerprint density at radius 3 is 2.18 bits per heavy atom. The second-order valence-corrected chi connectivity index (χ2v) is 5.57. The third-order valence-corrected chi connectivity index (χ3v) is 4.00. The highest BCUT2D eigenvalue weighted by atomic mass is 15.2. The van der Waals surface area contributed by atoms with E-state index in [9.17, 15) is 0 Å². The van der Waals surface area contributed by atoms with Gasteiger partial charge in [-0.15, -0.1) is 0 Å². The van der Waals surface area contributed by atoms with Gasteiger partial charge in [-0.1, -0.05) is 57.4 Å². The standard InChI is InChI=1S/C15H24N2/c1-11(2)13-6-8-14(9-7-13)15(17-16)10-12-4-3-5-12/h6-9,11-12,15,17H,3-5,10,16H2,1-2H3. The molecule has 1 aliphatic carbocycles. The van der Waals surface area contributed by atoms with Gasteiger partial charge in [0.1, 0.15) is 0 Å². The lowest BCUT2D eigenvalue weighted by Gasteiger charge is -2.29. The first-order valence-corrected chi connectivity index (χ1v) is 6.76. The molecule has 94 valence electrons. The SMILES string of the molecule is CC(C)c1ccc(C(CC2CCC2)NN)cc1. The first-order valence-electron chi connectivity index (χ1n) is 6.76. The Bertz CT molecular complexity index is 338. The summed E-state index contributed by atoms with van der Waals surface area (Å²) in [5, 5.41) is 0. The fraction of sp³-hybridized carbons (Fsp3) is 0.600. The Balaban J connectivity index is 2.02. The van der Waals surface area contributed by atoms with Crippen LogP contribution in [-0.4, -0.2) is 0 Å². The van der Waals surface area contributed by atoms with Crippen LogP contribution < -0.4 is 11.3 Å². The average molecular weight is 232 g/mol. The molecule has 1 aromatic rings. The summed E-state index contributed by atoms with van der Waals surface area (Å²) >= 11 is 0. The molecule has 0 aliphatic heterocycles. The number of benzene rings is 1. The third-order valence-electron chi connectivity index (χ3n) is 4.00. The van der Waals surface area contributed by atoms with E-state index in [4.69, 9.17) is 5.84 Å². The van der Waals surface area contributed by atoms with Gasteiger partial charge in [-0.3, -0.25) is 11.3 Å². The van der Waals surface area contributed by atoms with E-state index in [1.165, 1.54) is 36.8 Å². The van der Waals surface area contributed by atoms with Gasteiger partial charge in [-0.05, 0) is 29.4 Å². The van der Waals surface area contributed by atoms with Crippen molar-refractivity contribution in [2.45, 2.75) is 51.5 Å². The number of rotatable bonds is 5. The Kier molecular flexibility index (Phi) is 4.19. The third kappa shape index (κ3) is 3.08. The Morgan fingerprint density at radius 2 is 1.76 bits per heavy atom. The number of hydrogen-bond acceptors (Lipinski definition) is 2. The largest absolute Gasteiger partial charge is 0.271 e. The fourth-order valence-corrected chi connectivity index (χ4v) is 2.48. The average Bonchev–Trinajstić information content (AvgIpc) is 2.28. The molecule has 0 aromatic heterocycles. The minimum atomic E-state index is 0.321. The van der Waals surface area contributed by atoms with Crippen LogP contribution >= 0.6 is 0 Å². The van der Waals surface area contributed by atoms with Crippen LogP contribution in [0, 0.1) is 5.92 Å². The Hall–Kier alpha value is -0.860. The van der Waals surface area contributed by atoms with E-state index in [1.807, 2.05) is 0 Å². The molecule has 1 unspecified atom stereocenters. The molecule has 0 amide bonds. The molecule has 0 spiro atoms. The molecule has 1 fully saturated rings. The van der Waals surface area contributed by atoms with Crippen molar-refractivity contribution in [1.29, 1.82) is 0 Å². The minimum Gasteiger partial charge on any atom is -0.271 e. The van der Waals surface area contributed by atoms with Gasteiger partial charge in [-0.2, -0.15) is 0 Å². The first kappa shape index (κ1) is 12.6. The lowest BCUT2D eigenvalue weighted by Crippen LogP contribution is -2.31. The first-order chi connectivity index (χ1) is 8.20. The summed E-state index contributed by atoms with van der Waals surface area (Å²) in [5.41, 5.74) is 5.69. The van der Waals surface area contributed by atoms with Gasteiger partial charge >= 0.3 is 0 Å². The molecular formula is C15H24N2. The van der Waals surface area contributed by atoms with E-state index >= 15 is 0 Å². The molecule has 1 atom stereocenters. The Labute approximate surface area is 105 Å². The fourth-order valence-electron chi connectivity index (χ4n) is 2.48. The van der Waals surface area contributed by atoms with Crippen LogP contribution in [0.5, 0.6) is 0 Å². The van der Waals surface area contributed by atoms with E-state index in [-0.39, 0.29) is 0 Å². The van der Waals surface area contributed by atoms with E-state index < -0.39 is 0 Å². The highest BCUT2D eigenvalue weighted by Gasteiger charge is 2.22. The van der Waals surface area contributed by atoms with Gasteiger partial charge in [0.15, 0.2) is 0 Å². The van der Waals surface area contributed by atoms with Crippen LogP contribution in [-0.2, 0) is 0 Å². The van der Waals surface area contributed by atoms with E-state index in [2.05, 4.69) is 43.5 Å². The molecule has 0 saturated heterocycles. The summed E-state index contributed by atoms with van der Waals surface area (Å²) in [6.07, 6.45) is 5.33. The van der Waals surface area contributed by atoms with Crippen LogP contribution in [0.1, 0.15) is 62.6 Å². The molecule has 1 aliphatic rings. The van der Waals surface area contributed by atoms with Crippen molar-refractivity contribution in [1.82, 2.24) is 5.43 Å². The van der Waals surface area contributed by atoms with Crippen molar-refractivity contribution in [2.24, 2.45) is 11.8 Å². The minimum absolute atomic E-state index is 0.321. The lowest BCUT2D eigenvalue weighted by atomic mass is 9.79. The molecular weight excluding hydrogens is 208 g/mol. The molecule has 2 rings (SSSR count). The molecule has 3 N–H and O–H groups in total. The van der Waals surface area contributed by atoms with Crippen molar-refractivity contribution in [2.75, 3.05) is 0 Å². The summed E-state index contributed by atoms with van der Waals surface area (Å²) in [6, 6.07) is 9.22. The molecule has 0 heterocycles. The van der Waals surface area contributed by atoms with Crippen molar-refractivity contribution < 1.29 is 0 Å². The van der Waals surface area contributed by atoms with Crippen molar-refractivity contribution >= 4 is 0 Å². The predicted molar refractivity (Wildman–Crippen MR) is 72.6 cm³/mol. The summed E-state index contributed by atoms with van der Waals surface area (Å²) < 4.78 is 0. The van der Waals surface area contributed by atoms with Crippen LogP contribution in [0.3, 0.4) is 0 Å². The second kappa shape index (κ2) is 5.65. The monoisotopic (exact) mass is 232 g/mol. The molecule has 2 heteroatoms. The van der Waals surface area contributed by atoms with Gasteiger partial charge < -0.3 is 0 Å². The van der Waals surface area contributed by atoms with Crippen molar-refractivity contribution in [3.63, 3.8) is 0 Å². The van der Waals surface area contributed by atoms with Crippen LogP contribution in [0.2, 0.25) is 0 Å². The van der Waals surface area contributed by atoms with Crippen molar-refractivity contribution in [3.05, 3.63) is 35.4 Å².